The van der Waals surface area contributed by atoms with Crippen LogP contribution >= 0.6 is 0 Å². The number of hydrogen-bond acceptors (Lipinski definition) is 3. The second kappa shape index (κ2) is 10.5. The van der Waals surface area contributed by atoms with Crippen LogP contribution in [-0.4, -0.2) is 60.2 Å². The van der Waals surface area contributed by atoms with Crippen LogP contribution in [0, 0.1) is 5.92 Å². The van der Waals surface area contributed by atoms with E-state index in [0.29, 0.717) is 39.0 Å². The maximum Gasteiger partial charge on any atom is 0.246 e. The number of nitrogens with zero attached hydrogens (tertiary/aromatic N) is 2. The Labute approximate surface area is 161 Å². The molecule has 0 bridgehead atoms. The zero-order chi connectivity index (χ0) is 19.6. The van der Waals surface area contributed by atoms with Gasteiger partial charge in [-0.15, -0.1) is 0 Å². The number of benzene rings is 1. The van der Waals surface area contributed by atoms with Gasteiger partial charge in [0, 0.05) is 38.2 Å². The van der Waals surface area contributed by atoms with Crippen LogP contribution in [0.5, 0.6) is 0 Å². The van der Waals surface area contributed by atoms with E-state index < -0.39 is 0 Å². The summed E-state index contributed by atoms with van der Waals surface area (Å²) >= 11 is 0. The number of carbonyl (C=O) groups excluding carboxylic acids is 3. The molecule has 3 amide bonds. The molecule has 0 saturated carbocycles. The molecule has 0 aromatic heterocycles. The second-order valence-electron chi connectivity index (χ2n) is 6.65. The number of piperidine rings is 1. The van der Waals surface area contributed by atoms with Crippen molar-refractivity contribution in [3.63, 3.8) is 0 Å². The molecule has 1 aliphatic heterocycles. The lowest BCUT2D eigenvalue weighted by molar-refractivity contribution is -0.141. The number of carbonyl (C=O) groups is 3. The summed E-state index contributed by atoms with van der Waals surface area (Å²) in [5.41, 5.74) is 0.986. The molecule has 27 heavy (non-hydrogen) atoms. The fourth-order valence-corrected chi connectivity index (χ4v) is 3.21. The van der Waals surface area contributed by atoms with E-state index in [-0.39, 0.29) is 30.2 Å². The van der Waals surface area contributed by atoms with Crippen molar-refractivity contribution in [2.24, 2.45) is 5.92 Å². The van der Waals surface area contributed by atoms with Crippen LogP contribution in [0.15, 0.2) is 36.4 Å². The Morgan fingerprint density at radius 3 is 2.41 bits per heavy atom. The van der Waals surface area contributed by atoms with Crippen molar-refractivity contribution in [2.75, 3.05) is 32.7 Å². The van der Waals surface area contributed by atoms with E-state index in [2.05, 4.69) is 5.32 Å². The zero-order valence-electron chi connectivity index (χ0n) is 16.2. The number of amides is 3. The van der Waals surface area contributed by atoms with Crippen LogP contribution < -0.4 is 5.32 Å². The van der Waals surface area contributed by atoms with E-state index in [1.165, 1.54) is 0 Å². The number of likely N-dealkylation sites (N-methyl/N-ethyl adjacent to an activating group) is 2. The monoisotopic (exact) mass is 371 g/mol. The molecule has 0 aliphatic carbocycles. The Balaban J connectivity index is 1.84. The molecule has 1 aliphatic rings. The number of hydrogen-bond donors (Lipinski definition) is 1. The first-order chi connectivity index (χ1) is 13.0. The molecule has 1 aromatic rings. The molecule has 0 radical (unpaired) electrons. The minimum absolute atomic E-state index is 0.00989. The molecular weight excluding hydrogens is 342 g/mol. The Bertz CT molecular complexity index is 665. The second-order valence-corrected chi connectivity index (χ2v) is 6.65. The molecule has 146 valence electrons. The Hall–Kier alpha value is -2.63. The smallest absolute Gasteiger partial charge is 0.246 e. The van der Waals surface area contributed by atoms with Crippen molar-refractivity contribution < 1.29 is 14.4 Å². The molecule has 1 heterocycles. The molecular formula is C21H29N3O3. The predicted molar refractivity (Wildman–Crippen MR) is 106 cm³/mol. The predicted octanol–water partition coefficient (Wildman–Crippen LogP) is 1.92. The molecule has 0 spiro atoms. The summed E-state index contributed by atoms with van der Waals surface area (Å²) in [6.45, 7) is 6.03. The first kappa shape index (κ1) is 20.7. The highest BCUT2D eigenvalue weighted by atomic mass is 16.2. The SMILES string of the molecule is CCNC(=O)CN(CC)C(=O)C1CCN(C(=O)/C=C\c2ccccc2)CC1. The average Bonchev–Trinajstić information content (AvgIpc) is 2.71. The van der Waals surface area contributed by atoms with Crippen molar-refractivity contribution in [3.05, 3.63) is 42.0 Å². The first-order valence-corrected chi connectivity index (χ1v) is 9.62. The molecule has 1 saturated heterocycles. The van der Waals surface area contributed by atoms with E-state index in [1.807, 2.05) is 50.3 Å². The van der Waals surface area contributed by atoms with Crippen LogP contribution in [0.4, 0.5) is 0 Å². The number of rotatable bonds is 7. The van der Waals surface area contributed by atoms with Gasteiger partial charge in [-0.2, -0.15) is 0 Å². The standard InChI is InChI=1S/C21H29N3O3/c1-3-22-19(25)16-23(4-2)21(27)18-12-14-24(15-13-18)20(26)11-10-17-8-6-5-7-9-17/h5-11,18H,3-4,12-16H2,1-2H3,(H,22,25)/b11-10-. The summed E-state index contributed by atoms with van der Waals surface area (Å²) < 4.78 is 0. The molecule has 1 N–H and O–H groups in total. The van der Waals surface area contributed by atoms with Crippen LogP contribution in [0.2, 0.25) is 0 Å². The first-order valence-electron chi connectivity index (χ1n) is 9.62. The van der Waals surface area contributed by atoms with Gasteiger partial charge in [0.15, 0.2) is 0 Å². The lowest BCUT2D eigenvalue weighted by Crippen LogP contribution is -2.46. The van der Waals surface area contributed by atoms with Crippen molar-refractivity contribution >= 4 is 23.8 Å². The number of likely N-dealkylation sites (tertiary alicyclic amines) is 1. The third kappa shape index (κ3) is 6.24. The molecule has 0 atom stereocenters. The van der Waals surface area contributed by atoms with E-state index in [9.17, 15) is 14.4 Å². The van der Waals surface area contributed by atoms with E-state index in [0.717, 1.165) is 5.56 Å². The van der Waals surface area contributed by atoms with Crippen molar-refractivity contribution in [2.45, 2.75) is 26.7 Å². The third-order valence-electron chi connectivity index (χ3n) is 4.78. The Morgan fingerprint density at radius 2 is 1.81 bits per heavy atom. The van der Waals surface area contributed by atoms with Gasteiger partial charge in [0.05, 0.1) is 6.54 Å². The molecule has 2 rings (SSSR count). The minimum atomic E-state index is -0.133. The van der Waals surface area contributed by atoms with Gasteiger partial charge in [0.1, 0.15) is 0 Å². The molecule has 1 aromatic carbocycles. The van der Waals surface area contributed by atoms with Gasteiger partial charge in [0.25, 0.3) is 0 Å². The maximum absolute atomic E-state index is 12.7. The van der Waals surface area contributed by atoms with Crippen LogP contribution in [0.3, 0.4) is 0 Å². The number of nitrogens with one attached hydrogen (secondary N) is 1. The van der Waals surface area contributed by atoms with Crippen LogP contribution in [-0.2, 0) is 14.4 Å². The van der Waals surface area contributed by atoms with Gasteiger partial charge in [-0.25, -0.2) is 0 Å². The lowest BCUT2D eigenvalue weighted by atomic mass is 9.95. The molecule has 0 unspecified atom stereocenters. The summed E-state index contributed by atoms with van der Waals surface area (Å²) in [4.78, 5) is 40.2. The van der Waals surface area contributed by atoms with Crippen LogP contribution in [0.25, 0.3) is 6.08 Å². The fraction of sp³-hybridized carbons (Fsp3) is 0.476. The van der Waals surface area contributed by atoms with Crippen molar-refractivity contribution in [1.29, 1.82) is 0 Å². The van der Waals surface area contributed by atoms with Gasteiger partial charge in [0.2, 0.25) is 17.7 Å². The lowest BCUT2D eigenvalue weighted by Gasteiger charge is -2.33. The average molecular weight is 371 g/mol. The minimum Gasteiger partial charge on any atom is -0.355 e. The summed E-state index contributed by atoms with van der Waals surface area (Å²) in [7, 11) is 0. The van der Waals surface area contributed by atoms with Gasteiger partial charge in [-0.3, -0.25) is 14.4 Å². The molecule has 6 heteroatoms. The topological polar surface area (TPSA) is 69.7 Å². The molecule has 1 fully saturated rings. The summed E-state index contributed by atoms with van der Waals surface area (Å²) in [5.74, 6) is -0.275. The largest absolute Gasteiger partial charge is 0.355 e. The summed E-state index contributed by atoms with van der Waals surface area (Å²) in [6, 6.07) is 9.70. The van der Waals surface area contributed by atoms with Crippen LogP contribution in [0.1, 0.15) is 32.3 Å². The van der Waals surface area contributed by atoms with E-state index in [4.69, 9.17) is 0 Å². The van der Waals surface area contributed by atoms with Gasteiger partial charge >= 0.3 is 0 Å². The zero-order valence-corrected chi connectivity index (χ0v) is 16.2. The Morgan fingerprint density at radius 1 is 1.15 bits per heavy atom. The maximum atomic E-state index is 12.7. The van der Waals surface area contributed by atoms with Gasteiger partial charge < -0.3 is 15.1 Å². The van der Waals surface area contributed by atoms with E-state index in [1.54, 1.807) is 15.9 Å². The Kier molecular flexibility index (Phi) is 8.04. The fourth-order valence-electron chi connectivity index (χ4n) is 3.21. The molecule has 6 nitrogen and oxygen atoms in total. The normalized spacial score (nSPS) is 15.0. The highest BCUT2D eigenvalue weighted by Crippen LogP contribution is 2.20. The van der Waals surface area contributed by atoms with Gasteiger partial charge in [-0.05, 0) is 38.3 Å². The summed E-state index contributed by atoms with van der Waals surface area (Å²) in [5, 5.41) is 2.72. The summed E-state index contributed by atoms with van der Waals surface area (Å²) in [6.07, 6.45) is 4.67. The van der Waals surface area contributed by atoms with Crippen molar-refractivity contribution in [1.82, 2.24) is 15.1 Å². The highest BCUT2D eigenvalue weighted by molar-refractivity contribution is 5.92. The quantitative estimate of drug-likeness (QED) is 0.745. The third-order valence-corrected chi connectivity index (χ3v) is 4.78. The van der Waals surface area contributed by atoms with E-state index >= 15 is 0 Å². The highest BCUT2D eigenvalue weighted by Gasteiger charge is 2.29. The van der Waals surface area contributed by atoms with Gasteiger partial charge in [-0.1, -0.05) is 30.3 Å². The van der Waals surface area contributed by atoms with Crippen molar-refractivity contribution in [3.8, 4) is 0 Å².